The molecule has 0 saturated carbocycles. The fourth-order valence-electron chi connectivity index (χ4n) is 1.69. The SMILES string of the molecule is CC(=O)Cc1ccc(-c2cc(C)ccc2Br)o1. The molecule has 3 heteroatoms. The van der Waals surface area contributed by atoms with E-state index in [9.17, 15) is 4.79 Å². The number of carbonyl (C=O) groups is 1. The Morgan fingerprint density at radius 3 is 2.76 bits per heavy atom. The van der Waals surface area contributed by atoms with Crippen LogP contribution in [0.2, 0.25) is 0 Å². The van der Waals surface area contributed by atoms with Gasteiger partial charge in [-0.2, -0.15) is 0 Å². The molecule has 1 aromatic carbocycles. The number of aryl methyl sites for hydroxylation is 1. The minimum absolute atomic E-state index is 0.106. The minimum Gasteiger partial charge on any atom is -0.461 e. The molecule has 0 saturated heterocycles. The van der Waals surface area contributed by atoms with E-state index in [1.54, 1.807) is 6.92 Å². The zero-order valence-corrected chi connectivity index (χ0v) is 11.4. The quantitative estimate of drug-likeness (QED) is 0.851. The minimum atomic E-state index is 0.106. The number of ketones is 1. The Hall–Kier alpha value is -1.35. The largest absolute Gasteiger partial charge is 0.461 e. The Kier molecular flexibility index (Phi) is 3.48. The maximum atomic E-state index is 11.0. The number of halogens is 1. The van der Waals surface area contributed by atoms with Crippen LogP contribution in [0.1, 0.15) is 18.2 Å². The van der Waals surface area contributed by atoms with Crippen molar-refractivity contribution in [3.63, 3.8) is 0 Å². The summed E-state index contributed by atoms with van der Waals surface area (Å²) in [5.41, 5.74) is 2.19. The van der Waals surface area contributed by atoms with E-state index in [0.717, 1.165) is 15.8 Å². The van der Waals surface area contributed by atoms with Crippen molar-refractivity contribution in [3.05, 3.63) is 46.1 Å². The second kappa shape index (κ2) is 4.88. The first kappa shape index (κ1) is 12.1. The molecule has 0 aliphatic heterocycles. The van der Waals surface area contributed by atoms with E-state index in [2.05, 4.69) is 22.0 Å². The van der Waals surface area contributed by atoms with Gasteiger partial charge in [0.15, 0.2) is 0 Å². The smallest absolute Gasteiger partial charge is 0.137 e. The summed E-state index contributed by atoms with van der Waals surface area (Å²) in [5, 5.41) is 0. The van der Waals surface area contributed by atoms with Crippen molar-refractivity contribution < 1.29 is 9.21 Å². The summed E-state index contributed by atoms with van der Waals surface area (Å²) in [6.45, 7) is 3.60. The third kappa shape index (κ3) is 2.86. The number of hydrogen-bond acceptors (Lipinski definition) is 2. The van der Waals surface area contributed by atoms with Crippen LogP contribution in [0.15, 0.2) is 39.2 Å². The van der Waals surface area contributed by atoms with Gasteiger partial charge in [-0.05, 0) is 38.1 Å². The van der Waals surface area contributed by atoms with Crippen LogP contribution >= 0.6 is 15.9 Å². The molecule has 1 aromatic heterocycles. The number of benzene rings is 1. The molecule has 0 aliphatic carbocycles. The maximum Gasteiger partial charge on any atom is 0.137 e. The summed E-state index contributed by atoms with van der Waals surface area (Å²) in [7, 11) is 0. The van der Waals surface area contributed by atoms with Crippen molar-refractivity contribution in [3.8, 4) is 11.3 Å². The van der Waals surface area contributed by atoms with Gasteiger partial charge < -0.3 is 4.42 Å². The third-order valence-corrected chi connectivity index (χ3v) is 3.16. The van der Waals surface area contributed by atoms with Gasteiger partial charge in [0.2, 0.25) is 0 Å². The van der Waals surface area contributed by atoms with Crippen LogP contribution in [0.4, 0.5) is 0 Å². The molecule has 0 aliphatic rings. The first-order chi connectivity index (χ1) is 8.06. The summed E-state index contributed by atoms with van der Waals surface area (Å²) in [5.74, 6) is 1.60. The lowest BCUT2D eigenvalue weighted by atomic mass is 10.1. The van der Waals surface area contributed by atoms with Gasteiger partial charge in [-0.15, -0.1) is 0 Å². The van der Waals surface area contributed by atoms with Crippen molar-refractivity contribution in [1.82, 2.24) is 0 Å². The Labute approximate surface area is 109 Å². The van der Waals surface area contributed by atoms with Crippen LogP contribution in [0.5, 0.6) is 0 Å². The fraction of sp³-hybridized carbons (Fsp3) is 0.214. The number of Topliss-reactive ketones (excluding diaryl/α,β-unsaturated/α-hetero) is 1. The molecule has 1 heterocycles. The van der Waals surface area contributed by atoms with E-state index in [1.807, 2.05) is 31.2 Å². The average Bonchev–Trinajstić information content (AvgIpc) is 2.69. The molecular formula is C14H13BrO2. The maximum absolute atomic E-state index is 11.0. The molecule has 0 spiro atoms. The van der Waals surface area contributed by atoms with E-state index in [4.69, 9.17) is 4.42 Å². The van der Waals surface area contributed by atoms with Gasteiger partial charge in [0.05, 0.1) is 6.42 Å². The summed E-state index contributed by atoms with van der Waals surface area (Å²) in [4.78, 5) is 11.0. The zero-order valence-electron chi connectivity index (χ0n) is 9.79. The Morgan fingerprint density at radius 1 is 1.29 bits per heavy atom. The molecule has 2 nitrogen and oxygen atoms in total. The van der Waals surface area contributed by atoms with Crippen LogP contribution in [-0.4, -0.2) is 5.78 Å². The van der Waals surface area contributed by atoms with E-state index >= 15 is 0 Å². The highest BCUT2D eigenvalue weighted by Gasteiger charge is 2.09. The van der Waals surface area contributed by atoms with Gasteiger partial charge in [0, 0.05) is 10.0 Å². The average molecular weight is 293 g/mol. The van der Waals surface area contributed by atoms with E-state index in [0.29, 0.717) is 12.2 Å². The van der Waals surface area contributed by atoms with Gasteiger partial charge in [-0.3, -0.25) is 4.79 Å². The molecule has 0 unspecified atom stereocenters. The predicted octanol–water partition coefficient (Wildman–Crippen LogP) is 4.15. The molecule has 88 valence electrons. The molecule has 17 heavy (non-hydrogen) atoms. The molecule has 0 N–H and O–H groups in total. The van der Waals surface area contributed by atoms with Gasteiger partial charge in [-0.25, -0.2) is 0 Å². The molecule has 2 rings (SSSR count). The molecule has 0 atom stereocenters. The lowest BCUT2D eigenvalue weighted by Gasteiger charge is -2.02. The van der Waals surface area contributed by atoms with Gasteiger partial charge in [-0.1, -0.05) is 27.6 Å². The summed E-state index contributed by atoms with van der Waals surface area (Å²) >= 11 is 3.50. The molecular weight excluding hydrogens is 280 g/mol. The molecule has 0 amide bonds. The highest BCUT2D eigenvalue weighted by Crippen LogP contribution is 2.30. The third-order valence-electron chi connectivity index (χ3n) is 2.47. The number of furan rings is 1. The zero-order chi connectivity index (χ0) is 12.4. The second-order valence-electron chi connectivity index (χ2n) is 4.13. The second-order valence-corrected chi connectivity index (χ2v) is 4.98. The first-order valence-electron chi connectivity index (χ1n) is 5.41. The monoisotopic (exact) mass is 292 g/mol. The van der Waals surface area contributed by atoms with Crippen molar-refractivity contribution >= 4 is 21.7 Å². The van der Waals surface area contributed by atoms with Crippen LogP contribution < -0.4 is 0 Å². The fourth-order valence-corrected chi connectivity index (χ4v) is 2.13. The molecule has 0 fully saturated rings. The van der Waals surface area contributed by atoms with Crippen LogP contribution in [-0.2, 0) is 11.2 Å². The Bertz CT molecular complexity index is 555. The standard InChI is InChI=1S/C14H13BrO2/c1-9-3-5-13(15)12(7-9)14-6-4-11(17-14)8-10(2)16/h3-7H,8H2,1-2H3. The lowest BCUT2D eigenvalue weighted by Crippen LogP contribution is -1.93. The number of hydrogen-bond donors (Lipinski definition) is 0. The first-order valence-corrected chi connectivity index (χ1v) is 6.20. The van der Waals surface area contributed by atoms with Gasteiger partial charge >= 0.3 is 0 Å². The van der Waals surface area contributed by atoms with Crippen molar-refractivity contribution in [2.24, 2.45) is 0 Å². The van der Waals surface area contributed by atoms with Gasteiger partial charge in [0.25, 0.3) is 0 Å². The molecule has 0 bridgehead atoms. The summed E-state index contributed by atoms with van der Waals surface area (Å²) in [6, 6.07) is 9.84. The number of rotatable bonds is 3. The van der Waals surface area contributed by atoms with Gasteiger partial charge in [0.1, 0.15) is 17.3 Å². The predicted molar refractivity (Wildman–Crippen MR) is 71.0 cm³/mol. The summed E-state index contributed by atoms with van der Waals surface area (Å²) < 4.78 is 6.66. The molecule has 2 aromatic rings. The van der Waals surface area contributed by atoms with Crippen molar-refractivity contribution in [2.45, 2.75) is 20.3 Å². The summed E-state index contributed by atoms with van der Waals surface area (Å²) in [6.07, 6.45) is 0.351. The van der Waals surface area contributed by atoms with Crippen molar-refractivity contribution in [1.29, 1.82) is 0 Å². The van der Waals surface area contributed by atoms with E-state index in [1.165, 1.54) is 5.56 Å². The van der Waals surface area contributed by atoms with Crippen LogP contribution in [0, 0.1) is 6.92 Å². The Morgan fingerprint density at radius 2 is 2.06 bits per heavy atom. The van der Waals surface area contributed by atoms with Crippen LogP contribution in [0.3, 0.4) is 0 Å². The lowest BCUT2D eigenvalue weighted by molar-refractivity contribution is -0.116. The Balaban J connectivity index is 2.36. The highest BCUT2D eigenvalue weighted by molar-refractivity contribution is 9.10. The van der Waals surface area contributed by atoms with Crippen LogP contribution in [0.25, 0.3) is 11.3 Å². The topological polar surface area (TPSA) is 30.2 Å². The van der Waals surface area contributed by atoms with E-state index < -0.39 is 0 Å². The van der Waals surface area contributed by atoms with Crippen molar-refractivity contribution in [2.75, 3.05) is 0 Å². The highest BCUT2D eigenvalue weighted by atomic mass is 79.9. The molecule has 0 radical (unpaired) electrons. The number of carbonyl (C=O) groups excluding carboxylic acids is 1. The van der Waals surface area contributed by atoms with E-state index in [-0.39, 0.29) is 5.78 Å². The normalized spacial score (nSPS) is 10.5.